The van der Waals surface area contributed by atoms with Crippen molar-refractivity contribution in [1.82, 2.24) is 0 Å². The standard InChI is InChI=1S/C7H3BrF3NO3S/c8-3-1-2(4(16-3)5(13)14)12-6(15)7(9,10)11/h1H,(H,12,15)(H,13,14). The summed E-state index contributed by atoms with van der Waals surface area (Å²) in [5.74, 6) is -3.62. The first-order valence-corrected chi connectivity index (χ1v) is 5.23. The molecule has 0 aromatic carbocycles. The Morgan fingerprint density at radius 3 is 2.44 bits per heavy atom. The van der Waals surface area contributed by atoms with Gasteiger partial charge in [0.05, 0.1) is 9.47 Å². The molecule has 4 nitrogen and oxygen atoms in total. The molecule has 0 aliphatic carbocycles. The second-order valence-corrected chi connectivity index (χ2v) is 4.98. The molecule has 0 radical (unpaired) electrons. The van der Waals surface area contributed by atoms with Crippen LogP contribution in [0.5, 0.6) is 0 Å². The van der Waals surface area contributed by atoms with Gasteiger partial charge in [-0.3, -0.25) is 4.79 Å². The third-order valence-electron chi connectivity index (χ3n) is 1.40. The molecule has 1 rings (SSSR count). The van der Waals surface area contributed by atoms with Crippen LogP contribution in [0.25, 0.3) is 0 Å². The third kappa shape index (κ3) is 2.95. The fourth-order valence-electron chi connectivity index (χ4n) is 0.806. The Hall–Kier alpha value is -1.09. The number of alkyl halides is 3. The predicted octanol–water partition coefficient (Wildman–Crippen LogP) is 2.71. The Morgan fingerprint density at radius 2 is 2.00 bits per heavy atom. The lowest BCUT2D eigenvalue weighted by molar-refractivity contribution is -0.167. The molecule has 16 heavy (non-hydrogen) atoms. The molecule has 0 saturated carbocycles. The van der Waals surface area contributed by atoms with Gasteiger partial charge in [0.2, 0.25) is 0 Å². The quantitative estimate of drug-likeness (QED) is 0.881. The molecular formula is C7H3BrF3NO3S. The van der Waals surface area contributed by atoms with Crippen molar-refractivity contribution in [3.05, 3.63) is 14.7 Å². The van der Waals surface area contributed by atoms with Crippen molar-refractivity contribution in [2.45, 2.75) is 6.18 Å². The molecule has 9 heteroatoms. The number of amides is 1. The number of thiophene rings is 1. The van der Waals surface area contributed by atoms with Crippen molar-refractivity contribution in [1.29, 1.82) is 0 Å². The zero-order chi connectivity index (χ0) is 12.5. The average molecular weight is 318 g/mol. The van der Waals surface area contributed by atoms with Crippen molar-refractivity contribution >= 4 is 44.8 Å². The second-order valence-electron chi connectivity index (χ2n) is 2.55. The first kappa shape index (κ1) is 13.0. The van der Waals surface area contributed by atoms with Crippen LogP contribution in [0.2, 0.25) is 0 Å². The summed E-state index contributed by atoms with van der Waals surface area (Å²) in [6.45, 7) is 0. The monoisotopic (exact) mass is 317 g/mol. The summed E-state index contributed by atoms with van der Waals surface area (Å²) in [5.41, 5.74) is -0.383. The SMILES string of the molecule is O=C(O)c1sc(Br)cc1NC(=O)C(F)(F)F. The van der Waals surface area contributed by atoms with Gasteiger partial charge in [0.15, 0.2) is 0 Å². The summed E-state index contributed by atoms with van der Waals surface area (Å²) < 4.78 is 36.0. The molecule has 88 valence electrons. The van der Waals surface area contributed by atoms with Gasteiger partial charge in [-0.05, 0) is 22.0 Å². The number of halogens is 4. The maximum Gasteiger partial charge on any atom is 0.471 e. The molecule has 1 heterocycles. The molecule has 0 aliphatic rings. The summed E-state index contributed by atoms with van der Waals surface area (Å²) in [7, 11) is 0. The highest BCUT2D eigenvalue weighted by Crippen LogP contribution is 2.32. The first-order valence-electron chi connectivity index (χ1n) is 3.62. The largest absolute Gasteiger partial charge is 0.477 e. The zero-order valence-corrected chi connectivity index (χ0v) is 9.66. The molecule has 0 aliphatic heterocycles. The Morgan fingerprint density at radius 1 is 1.44 bits per heavy atom. The zero-order valence-electron chi connectivity index (χ0n) is 7.26. The van der Waals surface area contributed by atoms with E-state index in [1.807, 2.05) is 0 Å². The smallest absolute Gasteiger partial charge is 0.471 e. The van der Waals surface area contributed by atoms with Gasteiger partial charge in [-0.15, -0.1) is 11.3 Å². The Kier molecular flexibility index (Phi) is 3.58. The van der Waals surface area contributed by atoms with Crippen LogP contribution in [0.4, 0.5) is 18.9 Å². The minimum atomic E-state index is -5.05. The number of nitrogens with one attached hydrogen (secondary N) is 1. The van der Waals surface area contributed by atoms with Gasteiger partial charge in [-0.25, -0.2) is 4.79 Å². The van der Waals surface area contributed by atoms with Gasteiger partial charge in [-0.1, -0.05) is 0 Å². The van der Waals surface area contributed by atoms with Gasteiger partial charge < -0.3 is 10.4 Å². The number of carbonyl (C=O) groups excluding carboxylic acids is 1. The van der Waals surface area contributed by atoms with Crippen molar-refractivity contribution in [2.24, 2.45) is 0 Å². The molecule has 1 amide bonds. The Bertz CT molecular complexity index is 443. The summed E-state index contributed by atoms with van der Waals surface area (Å²) in [6, 6.07) is 1.10. The third-order valence-corrected chi connectivity index (χ3v) is 3.03. The highest BCUT2D eigenvalue weighted by Gasteiger charge is 2.39. The highest BCUT2D eigenvalue weighted by molar-refractivity contribution is 9.11. The lowest BCUT2D eigenvalue weighted by Crippen LogP contribution is -2.30. The van der Waals surface area contributed by atoms with E-state index in [-0.39, 0.29) is 10.6 Å². The number of rotatable bonds is 2. The summed E-state index contributed by atoms with van der Waals surface area (Å²) in [5, 5.41) is 10.1. The van der Waals surface area contributed by atoms with Crippen LogP contribution in [0, 0.1) is 0 Å². The number of hydrogen-bond acceptors (Lipinski definition) is 3. The van der Waals surface area contributed by atoms with Crippen molar-refractivity contribution in [3.63, 3.8) is 0 Å². The van der Waals surface area contributed by atoms with Gasteiger partial charge in [0.1, 0.15) is 4.88 Å². The summed E-state index contributed by atoms with van der Waals surface area (Å²) in [6.07, 6.45) is -5.05. The van der Waals surface area contributed by atoms with Crippen LogP contribution in [0.1, 0.15) is 9.67 Å². The topological polar surface area (TPSA) is 66.4 Å². The fraction of sp³-hybridized carbons (Fsp3) is 0.143. The van der Waals surface area contributed by atoms with E-state index in [2.05, 4.69) is 15.9 Å². The number of hydrogen-bond donors (Lipinski definition) is 2. The number of anilines is 1. The van der Waals surface area contributed by atoms with E-state index in [9.17, 15) is 22.8 Å². The molecule has 0 atom stereocenters. The minimum Gasteiger partial charge on any atom is -0.477 e. The van der Waals surface area contributed by atoms with Crippen LogP contribution in [-0.2, 0) is 4.79 Å². The lowest BCUT2D eigenvalue weighted by atomic mass is 10.4. The highest BCUT2D eigenvalue weighted by atomic mass is 79.9. The summed E-state index contributed by atoms with van der Waals surface area (Å²) in [4.78, 5) is 20.8. The second kappa shape index (κ2) is 4.42. The van der Waals surface area contributed by atoms with Crippen LogP contribution in [0.3, 0.4) is 0 Å². The number of carboxylic acids is 1. The van der Waals surface area contributed by atoms with Crippen LogP contribution < -0.4 is 5.32 Å². The molecule has 0 spiro atoms. The molecule has 1 aromatic heterocycles. The summed E-state index contributed by atoms with van der Waals surface area (Å²) >= 11 is 3.62. The van der Waals surface area contributed by atoms with E-state index < -0.39 is 18.1 Å². The minimum absolute atomic E-state index is 0.308. The maximum absolute atomic E-state index is 11.9. The Balaban J connectivity index is 2.98. The molecule has 2 N–H and O–H groups in total. The average Bonchev–Trinajstić information content (AvgIpc) is 2.45. The van der Waals surface area contributed by atoms with E-state index >= 15 is 0 Å². The van der Waals surface area contributed by atoms with Gasteiger partial charge in [0, 0.05) is 0 Å². The van der Waals surface area contributed by atoms with Gasteiger partial charge >= 0.3 is 18.1 Å². The lowest BCUT2D eigenvalue weighted by Gasteiger charge is -2.06. The fourth-order valence-corrected chi connectivity index (χ4v) is 2.20. The molecule has 1 aromatic rings. The molecule has 0 fully saturated rings. The van der Waals surface area contributed by atoms with Crippen molar-refractivity contribution in [3.8, 4) is 0 Å². The normalized spacial score (nSPS) is 11.2. The first-order chi connectivity index (χ1) is 7.21. The van der Waals surface area contributed by atoms with Crippen molar-refractivity contribution < 1.29 is 27.9 Å². The van der Waals surface area contributed by atoms with Crippen molar-refractivity contribution in [2.75, 3.05) is 5.32 Å². The van der Waals surface area contributed by atoms with E-state index in [0.717, 1.165) is 6.07 Å². The molecular weight excluding hydrogens is 315 g/mol. The van der Waals surface area contributed by atoms with Crippen LogP contribution in [-0.4, -0.2) is 23.2 Å². The van der Waals surface area contributed by atoms with Crippen LogP contribution >= 0.6 is 27.3 Å². The number of aromatic carboxylic acids is 1. The van der Waals surface area contributed by atoms with Gasteiger partial charge in [-0.2, -0.15) is 13.2 Å². The van der Waals surface area contributed by atoms with E-state index in [4.69, 9.17) is 5.11 Å². The van der Waals surface area contributed by atoms with E-state index in [0.29, 0.717) is 15.1 Å². The number of carbonyl (C=O) groups is 2. The Labute approximate surface area is 99.2 Å². The van der Waals surface area contributed by atoms with E-state index in [1.165, 1.54) is 5.32 Å². The predicted molar refractivity (Wildman–Crippen MR) is 53.7 cm³/mol. The van der Waals surface area contributed by atoms with Gasteiger partial charge in [0.25, 0.3) is 0 Å². The molecule has 0 saturated heterocycles. The molecule has 0 unspecified atom stereocenters. The number of carboxylic acid groups (broad SMARTS) is 1. The molecule has 0 bridgehead atoms. The maximum atomic E-state index is 11.9. The van der Waals surface area contributed by atoms with Crippen LogP contribution in [0.15, 0.2) is 9.85 Å². The van der Waals surface area contributed by atoms with E-state index in [1.54, 1.807) is 0 Å².